The molecule has 0 radical (unpaired) electrons. The summed E-state index contributed by atoms with van der Waals surface area (Å²) in [5, 5.41) is 0. The first-order valence-electron chi connectivity index (χ1n) is 5.28. The van der Waals surface area contributed by atoms with Gasteiger partial charge in [-0.1, -0.05) is 19.1 Å². The van der Waals surface area contributed by atoms with Crippen molar-refractivity contribution in [3.8, 4) is 0 Å². The smallest absolute Gasteiger partial charge is 0.137 e. The number of halogens is 2. The van der Waals surface area contributed by atoms with Crippen molar-refractivity contribution < 1.29 is 4.39 Å². The van der Waals surface area contributed by atoms with Crippen LogP contribution in [0, 0.1) is 17.7 Å². The van der Waals surface area contributed by atoms with Gasteiger partial charge in [-0.15, -0.1) is 0 Å². The molecule has 2 rings (SSSR count). The van der Waals surface area contributed by atoms with Crippen molar-refractivity contribution in [1.82, 2.24) is 0 Å². The van der Waals surface area contributed by atoms with Crippen molar-refractivity contribution in [2.75, 3.05) is 0 Å². The summed E-state index contributed by atoms with van der Waals surface area (Å²) in [7, 11) is 0. The molecule has 0 aromatic heterocycles. The van der Waals surface area contributed by atoms with E-state index in [0.29, 0.717) is 10.4 Å². The highest BCUT2D eigenvalue weighted by Crippen LogP contribution is 2.41. The maximum atomic E-state index is 13.2. The fourth-order valence-corrected chi connectivity index (χ4v) is 2.49. The first-order valence-corrected chi connectivity index (χ1v) is 6.07. The molecule has 0 bridgehead atoms. The van der Waals surface area contributed by atoms with Crippen molar-refractivity contribution in [3.05, 3.63) is 34.1 Å². The van der Waals surface area contributed by atoms with Crippen LogP contribution in [0.4, 0.5) is 4.39 Å². The van der Waals surface area contributed by atoms with E-state index in [4.69, 9.17) is 5.73 Å². The lowest BCUT2D eigenvalue weighted by Crippen LogP contribution is -2.26. The largest absolute Gasteiger partial charge is 0.327 e. The van der Waals surface area contributed by atoms with Gasteiger partial charge in [0.2, 0.25) is 0 Å². The van der Waals surface area contributed by atoms with Gasteiger partial charge in [0, 0.05) is 6.04 Å². The second-order valence-electron chi connectivity index (χ2n) is 4.46. The Hall–Kier alpha value is -0.410. The second kappa shape index (κ2) is 4.22. The minimum atomic E-state index is -0.205. The summed E-state index contributed by atoms with van der Waals surface area (Å²) >= 11 is 3.26. The number of rotatable bonds is 3. The van der Waals surface area contributed by atoms with Gasteiger partial charge in [-0.25, -0.2) is 4.39 Å². The molecule has 3 heteroatoms. The molecule has 1 aliphatic rings. The zero-order chi connectivity index (χ0) is 11.0. The maximum Gasteiger partial charge on any atom is 0.137 e. The minimum Gasteiger partial charge on any atom is -0.327 e. The molecule has 1 aromatic rings. The lowest BCUT2D eigenvalue weighted by Gasteiger charge is -2.12. The van der Waals surface area contributed by atoms with Crippen molar-refractivity contribution in [3.63, 3.8) is 0 Å². The number of benzene rings is 1. The summed E-state index contributed by atoms with van der Waals surface area (Å²) in [5.41, 5.74) is 7.05. The molecule has 15 heavy (non-hydrogen) atoms. The first kappa shape index (κ1) is 11.1. The SMILES string of the molecule is CC1CC1C(N)Cc1cccc(F)c1Br. The van der Waals surface area contributed by atoms with E-state index in [-0.39, 0.29) is 11.9 Å². The van der Waals surface area contributed by atoms with Crippen molar-refractivity contribution in [1.29, 1.82) is 0 Å². The van der Waals surface area contributed by atoms with Gasteiger partial charge >= 0.3 is 0 Å². The van der Waals surface area contributed by atoms with E-state index in [9.17, 15) is 4.39 Å². The molecule has 3 atom stereocenters. The lowest BCUT2D eigenvalue weighted by molar-refractivity contribution is 0.554. The Morgan fingerprint density at radius 3 is 2.87 bits per heavy atom. The zero-order valence-corrected chi connectivity index (χ0v) is 10.3. The molecule has 1 fully saturated rings. The molecule has 1 nitrogen and oxygen atoms in total. The van der Waals surface area contributed by atoms with Crippen molar-refractivity contribution in [2.45, 2.75) is 25.8 Å². The van der Waals surface area contributed by atoms with Crippen LogP contribution in [0.3, 0.4) is 0 Å². The molecular weight excluding hydrogens is 257 g/mol. The highest BCUT2D eigenvalue weighted by molar-refractivity contribution is 9.10. The van der Waals surface area contributed by atoms with Gasteiger partial charge in [0.15, 0.2) is 0 Å². The van der Waals surface area contributed by atoms with Crippen molar-refractivity contribution >= 4 is 15.9 Å². The molecule has 1 aromatic carbocycles. The Morgan fingerprint density at radius 1 is 1.60 bits per heavy atom. The standard InChI is InChI=1S/C12H15BrFN/c1-7-5-9(7)11(15)6-8-3-2-4-10(14)12(8)13/h2-4,7,9,11H,5-6,15H2,1H3. The average molecular weight is 272 g/mol. The number of hydrogen-bond donors (Lipinski definition) is 1. The normalized spacial score (nSPS) is 26.4. The van der Waals surface area contributed by atoms with Crippen LogP contribution in [0.1, 0.15) is 18.9 Å². The van der Waals surface area contributed by atoms with E-state index in [1.807, 2.05) is 6.07 Å². The van der Waals surface area contributed by atoms with Gasteiger partial charge in [-0.05, 0) is 52.2 Å². The Morgan fingerprint density at radius 2 is 2.27 bits per heavy atom. The summed E-state index contributed by atoms with van der Waals surface area (Å²) in [6, 6.07) is 5.29. The summed E-state index contributed by atoms with van der Waals surface area (Å²) in [6.45, 7) is 2.21. The molecule has 0 heterocycles. The van der Waals surface area contributed by atoms with Crippen LogP contribution in [0.15, 0.2) is 22.7 Å². The molecule has 1 aliphatic carbocycles. The fourth-order valence-electron chi connectivity index (χ4n) is 2.06. The van der Waals surface area contributed by atoms with E-state index in [0.717, 1.165) is 17.9 Å². The average Bonchev–Trinajstić information content (AvgIpc) is 2.91. The zero-order valence-electron chi connectivity index (χ0n) is 8.71. The van der Waals surface area contributed by atoms with E-state index < -0.39 is 0 Å². The Labute approximate surface area is 98.0 Å². The third-order valence-electron chi connectivity index (χ3n) is 3.21. The third kappa shape index (κ3) is 2.40. The van der Waals surface area contributed by atoms with Crippen LogP contribution >= 0.6 is 15.9 Å². The van der Waals surface area contributed by atoms with Crippen molar-refractivity contribution in [2.24, 2.45) is 17.6 Å². The van der Waals surface area contributed by atoms with Gasteiger partial charge in [0.1, 0.15) is 5.82 Å². The van der Waals surface area contributed by atoms with Gasteiger partial charge in [-0.2, -0.15) is 0 Å². The van der Waals surface area contributed by atoms with E-state index in [2.05, 4.69) is 22.9 Å². The van der Waals surface area contributed by atoms with Gasteiger partial charge < -0.3 is 5.73 Å². The summed E-state index contributed by atoms with van der Waals surface area (Å²) in [5.74, 6) is 1.16. The molecule has 1 saturated carbocycles. The number of nitrogens with two attached hydrogens (primary N) is 1. The lowest BCUT2D eigenvalue weighted by atomic mass is 10.0. The molecule has 82 valence electrons. The summed E-state index contributed by atoms with van der Waals surface area (Å²) < 4.78 is 13.8. The van der Waals surface area contributed by atoms with Gasteiger partial charge in [0.05, 0.1) is 4.47 Å². The van der Waals surface area contributed by atoms with Crippen LogP contribution in [0.5, 0.6) is 0 Å². The van der Waals surface area contributed by atoms with Crippen LogP contribution in [-0.4, -0.2) is 6.04 Å². The van der Waals surface area contributed by atoms with E-state index >= 15 is 0 Å². The van der Waals surface area contributed by atoms with E-state index in [1.54, 1.807) is 6.07 Å². The highest BCUT2D eigenvalue weighted by atomic mass is 79.9. The molecule has 0 spiro atoms. The first-order chi connectivity index (χ1) is 7.09. The number of hydrogen-bond acceptors (Lipinski definition) is 1. The van der Waals surface area contributed by atoms with Crippen LogP contribution in [0.25, 0.3) is 0 Å². The Kier molecular flexibility index (Phi) is 3.12. The Balaban J connectivity index is 2.07. The summed E-state index contributed by atoms with van der Waals surface area (Å²) in [4.78, 5) is 0. The quantitative estimate of drug-likeness (QED) is 0.898. The monoisotopic (exact) mass is 271 g/mol. The summed E-state index contributed by atoms with van der Waals surface area (Å²) in [6.07, 6.45) is 1.97. The van der Waals surface area contributed by atoms with Gasteiger partial charge in [-0.3, -0.25) is 0 Å². The predicted molar refractivity (Wildman–Crippen MR) is 63.1 cm³/mol. The van der Waals surface area contributed by atoms with Crippen LogP contribution < -0.4 is 5.73 Å². The Bertz CT molecular complexity index is 367. The minimum absolute atomic E-state index is 0.165. The third-order valence-corrected chi connectivity index (χ3v) is 4.10. The van der Waals surface area contributed by atoms with Crippen LogP contribution in [0.2, 0.25) is 0 Å². The highest BCUT2D eigenvalue weighted by Gasteiger charge is 2.37. The molecule has 0 amide bonds. The predicted octanol–water partition coefficient (Wildman–Crippen LogP) is 3.11. The topological polar surface area (TPSA) is 26.0 Å². The van der Waals surface area contributed by atoms with Crippen LogP contribution in [-0.2, 0) is 6.42 Å². The molecule has 0 saturated heterocycles. The molecule has 0 aliphatic heterocycles. The fraction of sp³-hybridized carbons (Fsp3) is 0.500. The molecule has 2 N–H and O–H groups in total. The molecule has 3 unspecified atom stereocenters. The van der Waals surface area contributed by atoms with Gasteiger partial charge in [0.25, 0.3) is 0 Å². The molecular formula is C12H15BrFN. The van der Waals surface area contributed by atoms with E-state index in [1.165, 1.54) is 12.5 Å². The maximum absolute atomic E-state index is 13.2. The second-order valence-corrected chi connectivity index (χ2v) is 5.25.